The van der Waals surface area contributed by atoms with Gasteiger partial charge >= 0.3 is 0 Å². The van der Waals surface area contributed by atoms with E-state index in [1.165, 1.54) is 0 Å². The van der Waals surface area contributed by atoms with Crippen LogP contribution in [0.4, 0.5) is 0 Å². The summed E-state index contributed by atoms with van der Waals surface area (Å²) >= 11 is 5.80. The number of rotatable bonds is 6. The van der Waals surface area contributed by atoms with Crippen LogP contribution in [-0.2, 0) is 18.0 Å². The minimum absolute atomic E-state index is 0.00167. The number of piperidine rings is 1. The van der Waals surface area contributed by atoms with E-state index in [9.17, 15) is 4.79 Å². The number of para-hydroxylation sites is 1. The largest absolute Gasteiger partial charge is 0.381 e. The third-order valence-electron chi connectivity index (χ3n) is 5.82. The summed E-state index contributed by atoms with van der Waals surface area (Å²) in [6.07, 6.45) is 3.28. The van der Waals surface area contributed by atoms with E-state index in [2.05, 4.69) is 18.7 Å². The number of fused-ring (bicyclic) bond motifs is 3. The Kier molecular flexibility index (Phi) is 5.85. The zero-order valence-electron chi connectivity index (χ0n) is 17.4. The maximum Gasteiger partial charge on any atom is 0.262 e. The molecule has 0 amide bonds. The zero-order chi connectivity index (χ0) is 20.5. The Hall–Kier alpha value is -2.03. The lowest BCUT2D eigenvalue weighted by molar-refractivity contribution is 0.0302. The molecule has 0 spiro atoms. The third kappa shape index (κ3) is 3.89. The number of likely N-dealkylation sites (tertiary alicyclic amines) is 1. The van der Waals surface area contributed by atoms with Crippen LogP contribution in [0, 0.1) is 10.7 Å². The standard InChI is InChI=1S/C21H29N5O2S/c1-15(2)8-13-24-19(27)17-6-4-5-7-18(17)26-20(24)22-25(21(26)29)14-23-11-9-16(28-3)10-12-23/h4-7,15-16H,8-14H2,1-3H3. The molecule has 0 atom stereocenters. The number of aryl methyl sites for hydroxylation is 1. The molecule has 1 saturated heterocycles. The van der Waals surface area contributed by atoms with Crippen molar-refractivity contribution in [2.24, 2.45) is 5.92 Å². The first-order chi connectivity index (χ1) is 14.0. The van der Waals surface area contributed by atoms with Crippen LogP contribution in [0.5, 0.6) is 0 Å². The summed E-state index contributed by atoms with van der Waals surface area (Å²) in [4.78, 5) is 15.5. The van der Waals surface area contributed by atoms with Crippen molar-refractivity contribution in [2.75, 3.05) is 20.2 Å². The van der Waals surface area contributed by atoms with Gasteiger partial charge in [0.1, 0.15) is 0 Å². The van der Waals surface area contributed by atoms with Gasteiger partial charge in [-0.1, -0.05) is 26.0 Å². The summed E-state index contributed by atoms with van der Waals surface area (Å²) in [5, 5.41) is 5.48. The molecule has 0 aliphatic carbocycles. The number of aromatic nitrogens is 4. The molecule has 3 heterocycles. The van der Waals surface area contributed by atoms with Crippen molar-refractivity contribution in [1.29, 1.82) is 0 Å². The predicted octanol–water partition coefficient (Wildman–Crippen LogP) is 3.29. The summed E-state index contributed by atoms with van der Waals surface area (Å²) in [7, 11) is 1.78. The van der Waals surface area contributed by atoms with E-state index in [1.807, 2.05) is 33.3 Å². The van der Waals surface area contributed by atoms with Crippen LogP contribution in [0.3, 0.4) is 0 Å². The Bertz CT molecular complexity index is 1120. The zero-order valence-corrected chi connectivity index (χ0v) is 18.2. The van der Waals surface area contributed by atoms with Crippen LogP contribution in [0.25, 0.3) is 16.7 Å². The van der Waals surface area contributed by atoms with Gasteiger partial charge in [-0.05, 0) is 49.5 Å². The maximum absolute atomic E-state index is 13.2. The van der Waals surface area contributed by atoms with E-state index in [0.717, 1.165) is 37.9 Å². The molecule has 3 aromatic rings. The average molecular weight is 416 g/mol. The van der Waals surface area contributed by atoms with Crippen molar-refractivity contribution in [2.45, 2.75) is 52.4 Å². The average Bonchev–Trinajstić information content (AvgIpc) is 3.04. The van der Waals surface area contributed by atoms with Gasteiger partial charge in [0.15, 0.2) is 0 Å². The Labute approximate surface area is 175 Å². The molecule has 4 rings (SSSR count). The van der Waals surface area contributed by atoms with Gasteiger partial charge in [0.05, 0.1) is 23.7 Å². The van der Waals surface area contributed by atoms with Crippen molar-refractivity contribution in [3.63, 3.8) is 0 Å². The SMILES string of the molecule is COC1CCN(Cn2nc3n(CCC(C)C)c(=O)c4ccccc4n3c2=S)CC1. The molecular weight excluding hydrogens is 386 g/mol. The first kappa shape index (κ1) is 20.3. The van der Waals surface area contributed by atoms with Gasteiger partial charge < -0.3 is 4.74 Å². The molecule has 0 N–H and O–H groups in total. The van der Waals surface area contributed by atoms with E-state index in [0.29, 0.717) is 41.2 Å². The molecule has 0 radical (unpaired) electrons. The smallest absolute Gasteiger partial charge is 0.262 e. The van der Waals surface area contributed by atoms with Crippen molar-refractivity contribution < 1.29 is 4.74 Å². The fourth-order valence-electron chi connectivity index (χ4n) is 4.02. The Balaban J connectivity index is 1.79. The minimum atomic E-state index is 0.00167. The number of methoxy groups -OCH3 is 1. The predicted molar refractivity (Wildman–Crippen MR) is 117 cm³/mol. The number of hydrogen-bond acceptors (Lipinski definition) is 5. The van der Waals surface area contributed by atoms with Gasteiger partial charge in [0.2, 0.25) is 10.5 Å². The van der Waals surface area contributed by atoms with Gasteiger partial charge in [-0.25, -0.2) is 4.68 Å². The van der Waals surface area contributed by atoms with Gasteiger partial charge in [0.25, 0.3) is 5.56 Å². The highest BCUT2D eigenvalue weighted by Crippen LogP contribution is 2.17. The molecule has 1 fully saturated rings. The summed E-state index contributed by atoms with van der Waals surface area (Å²) in [6.45, 7) is 7.50. The van der Waals surface area contributed by atoms with Gasteiger partial charge in [0, 0.05) is 26.7 Å². The second-order valence-electron chi connectivity index (χ2n) is 8.27. The van der Waals surface area contributed by atoms with E-state index < -0.39 is 0 Å². The summed E-state index contributed by atoms with van der Waals surface area (Å²) < 4.78 is 11.7. The summed E-state index contributed by atoms with van der Waals surface area (Å²) in [5.41, 5.74) is 0.824. The third-order valence-corrected chi connectivity index (χ3v) is 6.21. The highest BCUT2D eigenvalue weighted by atomic mass is 32.1. The maximum atomic E-state index is 13.2. The fraction of sp³-hybridized carbons (Fsp3) is 0.571. The molecule has 2 aromatic heterocycles. The van der Waals surface area contributed by atoms with Crippen molar-refractivity contribution in [3.8, 4) is 0 Å². The molecule has 1 aliphatic heterocycles. The van der Waals surface area contributed by atoms with Crippen LogP contribution in [0.2, 0.25) is 0 Å². The van der Waals surface area contributed by atoms with Crippen LogP contribution in [-0.4, -0.2) is 50.0 Å². The molecule has 156 valence electrons. The molecule has 1 aliphatic rings. The highest BCUT2D eigenvalue weighted by Gasteiger charge is 2.21. The number of nitrogens with zero attached hydrogens (tertiary/aromatic N) is 5. The van der Waals surface area contributed by atoms with E-state index in [1.54, 1.807) is 11.7 Å². The normalized spacial score (nSPS) is 16.4. The van der Waals surface area contributed by atoms with Crippen molar-refractivity contribution >= 4 is 28.9 Å². The Morgan fingerprint density at radius 1 is 1.24 bits per heavy atom. The lowest BCUT2D eigenvalue weighted by Crippen LogP contribution is -2.38. The van der Waals surface area contributed by atoms with Crippen molar-refractivity contribution in [3.05, 3.63) is 39.4 Å². The van der Waals surface area contributed by atoms with Crippen LogP contribution < -0.4 is 5.56 Å². The summed E-state index contributed by atoms with van der Waals surface area (Å²) in [5.74, 6) is 1.13. The van der Waals surface area contributed by atoms with E-state index in [4.69, 9.17) is 22.1 Å². The Morgan fingerprint density at radius 2 is 1.97 bits per heavy atom. The quantitative estimate of drug-likeness (QED) is 0.578. The first-order valence-electron chi connectivity index (χ1n) is 10.4. The number of ether oxygens (including phenoxy) is 1. The lowest BCUT2D eigenvalue weighted by atomic mass is 10.1. The molecule has 29 heavy (non-hydrogen) atoms. The second kappa shape index (κ2) is 8.38. The molecule has 0 saturated carbocycles. The summed E-state index contributed by atoms with van der Waals surface area (Å²) in [6, 6.07) is 7.66. The second-order valence-corrected chi connectivity index (χ2v) is 8.63. The van der Waals surface area contributed by atoms with Crippen LogP contribution in [0.15, 0.2) is 29.1 Å². The van der Waals surface area contributed by atoms with Gasteiger partial charge in [-0.15, -0.1) is 5.10 Å². The topological polar surface area (TPSA) is 56.7 Å². The minimum Gasteiger partial charge on any atom is -0.381 e. The monoisotopic (exact) mass is 415 g/mol. The molecule has 8 heteroatoms. The molecule has 1 aromatic carbocycles. The van der Waals surface area contributed by atoms with Crippen molar-refractivity contribution in [1.82, 2.24) is 23.6 Å². The number of benzene rings is 1. The first-order valence-corrected chi connectivity index (χ1v) is 10.8. The Morgan fingerprint density at radius 3 is 2.66 bits per heavy atom. The molecule has 7 nitrogen and oxygen atoms in total. The van der Waals surface area contributed by atoms with Gasteiger partial charge in [-0.2, -0.15) is 0 Å². The highest BCUT2D eigenvalue weighted by molar-refractivity contribution is 7.71. The number of hydrogen-bond donors (Lipinski definition) is 0. The van der Waals surface area contributed by atoms with Crippen LogP contribution in [0.1, 0.15) is 33.1 Å². The van der Waals surface area contributed by atoms with E-state index >= 15 is 0 Å². The molecular formula is C21H29N5O2S. The van der Waals surface area contributed by atoms with E-state index in [-0.39, 0.29) is 5.56 Å². The van der Waals surface area contributed by atoms with Crippen LogP contribution >= 0.6 is 12.2 Å². The van der Waals surface area contributed by atoms with Gasteiger partial charge in [-0.3, -0.25) is 18.7 Å². The molecule has 0 bridgehead atoms. The molecule has 0 unspecified atom stereocenters. The lowest BCUT2D eigenvalue weighted by Gasteiger charge is -2.30. The fourth-order valence-corrected chi connectivity index (χ4v) is 4.30.